The van der Waals surface area contributed by atoms with E-state index in [-0.39, 0.29) is 0 Å². The van der Waals surface area contributed by atoms with Gasteiger partial charge in [-0.2, -0.15) is 0 Å². The van der Waals surface area contributed by atoms with Crippen LogP contribution in [0.4, 0.5) is 15.8 Å². The van der Waals surface area contributed by atoms with Crippen LogP contribution in [0.3, 0.4) is 0 Å². The molecule has 0 spiro atoms. The van der Waals surface area contributed by atoms with Crippen molar-refractivity contribution in [3.05, 3.63) is 27.0 Å². The van der Waals surface area contributed by atoms with E-state index in [1.807, 2.05) is 0 Å². The first-order chi connectivity index (χ1) is 5.95. The monoisotopic (exact) mass is 206 g/mol. The number of nitrogens with zero attached hydrogens (tertiary/aromatic N) is 1. The Balaban J connectivity index is 3.50. The Hall–Kier alpha value is -1.56. The van der Waals surface area contributed by atoms with Crippen molar-refractivity contribution in [2.45, 2.75) is 0 Å². The highest BCUT2D eigenvalue weighted by molar-refractivity contribution is 6.32. The molecule has 70 valence electrons. The van der Waals surface area contributed by atoms with Crippen LogP contribution in [0, 0.1) is 15.9 Å². The number of nitrogens with two attached hydrogens (primary N) is 1. The lowest BCUT2D eigenvalue weighted by atomic mass is 10.2. The minimum atomic E-state index is -1.08. The second kappa shape index (κ2) is 3.06. The molecule has 0 saturated heterocycles. The van der Waals surface area contributed by atoms with E-state index in [0.717, 1.165) is 0 Å². The lowest BCUT2D eigenvalue weighted by molar-refractivity contribution is -0.384. The molecule has 0 fully saturated rings. The standard InChI is InChI=1S/C6H4ClFN2O3/c7-4-2(8)1-3(10(12)13)5(9)6(4)11/h1,11H,9H2. The van der Waals surface area contributed by atoms with E-state index in [4.69, 9.17) is 22.4 Å². The van der Waals surface area contributed by atoms with Crippen LogP contribution in [0.1, 0.15) is 0 Å². The topological polar surface area (TPSA) is 89.4 Å². The number of halogens is 2. The summed E-state index contributed by atoms with van der Waals surface area (Å²) >= 11 is 5.23. The zero-order chi connectivity index (χ0) is 10.2. The number of phenolic OH excluding ortho intramolecular Hbond substituents is 1. The van der Waals surface area contributed by atoms with E-state index in [0.29, 0.717) is 6.07 Å². The number of anilines is 1. The van der Waals surface area contributed by atoms with Crippen molar-refractivity contribution < 1.29 is 14.4 Å². The van der Waals surface area contributed by atoms with Crippen LogP contribution in [0.2, 0.25) is 5.02 Å². The molecular formula is C6H4ClFN2O3. The minimum absolute atomic E-state index is 0.545. The molecule has 0 bridgehead atoms. The van der Waals surface area contributed by atoms with Gasteiger partial charge in [0.1, 0.15) is 5.02 Å². The fourth-order valence-electron chi connectivity index (χ4n) is 0.765. The van der Waals surface area contributed by atoms with Crippen LogP contribution >= 0.6 is 11.6 Å². The molecule has 0 aliphatic carbocycles. The number of nitrogen functional groups attached to an aromatic ring is 1. The Morgan fingerprint density at radius 3 is 2.69 bits per heavy atom. The Morgan fingerprint density at radius 1 is 1.69 bits per heavy atom. The molecule has 0 amide bonds. The van der Waals surface area contributed by atoms with E-state index < -0.39 is 32.9 Å². The van der Waals surface area contributed by atoms with Gasteiger partial charge in [-0.25, -0.2) is 4.39 Å². The van der Waals surface area contributed by atoms with E-state index in [9.17, 15) is 14.5 Å². The lowest BCUT2D eigenvalue weighted by Crippen LogP contribution is -1.97. The highest BCUT2D eigenvalue weighted by Crippen LogP contribution is 2.38. The molecule has 0 atom stereocenters. The predicted octanol–water partition coefficient (Wildman–Crippen LogP) is 1.68. The third kappa shape index (κ3) is 1.48. The summed E-state index contributed by atoms with van der Waals surface area (Å²) < 4.78 is 12.7. The molecule has 1 aromatic carbocycles. The van der Waals surface area contributed by atoms with Gasteiger partial charge in [-0.05, 0) is 0 Å². The van der Waals surface area contributed by atoms with Crippen molar-refractivity contribution in [1.82, 2.24) is 0 Å². The van der Waals surface area contributed by atoms with Gasteiger partial charge in [-0.1, -0.05) is 11.6 Å². The van der Waals surface area contributed by atoms with Gasteiger partial charge in [0, 0.05) is 0 Å². The summed E-state index contributed by atoms with van der Waals surface area (Å²) in [4.78, 5) is 9.33. The minimum Gasteiger partial charge on any atom is -0.504 e. The quantitative estimate of drug-likeness (QED) is 0.317. The molecule has 1 rings (SSSR count). The predicted molar refractivity (Wildman–Crippen MR) is 44.1 cm³/mol. The smallest absolute Gasteiger partial charge is 0.298 e. The second-order valence-corrected chi connectivity index (χ2v) is 2.59. The molecule has 0 aliphatic heterocycles. The van der Waals surface area contributed by atoms with Crippen LogP contribution in [0.5, 0.6) is 5.75 Å². The summed E-state index contributed by atoms with van der Waals surface area (Å²) in [5.41, 5.74) is 3.86. The fourth-order valence-corrected chi connectivity index (χ4v) is 0.921. The molecule has 0 aliphatic rings. The third-order valence-electron chi connectivity index (χ3n) is 1.41. The van der Waals surface area contributed by atoms with Gasteiger partial charge in [-0.3, -0.25) is 10.1 Å². The maximum absolute atomic E-state index is 12.7. The number of nitro groups is 1. The molecule has 0 saturated carbocycles. The average molecular weight is 207 g/mol. The number of phenols is 1. The van der Waals surface area contributed by atoms with Gasteiger partial charge in [0.05, 0.1) is 11.0 Å². The normalized spacial score (nSPS) is 10.0. The highest BCUT2D eigenvalue weighted by Gasteiger charge is 2.21. The summed E-state index contributed by atoms with van der Waals surface area (Å²) in [5.74, 6) is -1.89. The summed E-state index contributed by atoms with van der Waals surface area (Å²) in [6.45, 7) is 0. The van der Waals surface area contributed by atoms with Crippen LogP contribution in [-0.2, 0) is 0 Å². The maximum Gasteiger partial charge on any atom is 0.298 e. The molecule has 0 unspecified atom stereocenters. The molecule has 0 radical (unpaired) electrons. The largest absolute Gasteiger partial charge is 0.504 e. The Kier molecular flexibility index (Phi) is 2.24. The van der Waals surface area contributed by atoms with E-state index in [1.165, 1.54) is 0 Å². The molecule has 7 heteroatoms. The number of nitro benzene ring substituents is 1. The first-order valence-electron chi connectivity index (χ1n) is 3.06. The Morgan fingerprint density at radius 2 is 2.23 bits per heavy atom. The van der Waals surface area contributed by atoms with Gasteiger partial charge < -0.3 is 10.8 Å². The number of hydrogen-bond donors (Lipinski definition) is 2. The SMILES string of the molecule is Nc1c([N+](=O)[O-])cc(F)c(Cl)c1O. The fraction of sp³-hybridized carbons (Fsp3) is 0. The van der Waals surface area contributed by atoms with Gasteiger partial charge in [0.15, 0.2) is 17.3 Å². The van der Waals surface area contributed by atoms with Gasteiger partial charge in [-0.15, -0.1) is 0 Å². The lowest BCUT2D eigenvalue weighted by Gasteiger charge is -2.02. The van der Waals surface area contributed by atoms with Crippen molar-refractivity contribution in [3.63, 3.8) is 0 Å². The van der Waals surface area contributed by atoms with Crippen molar-refractivity contribution >= 4 is 23.0 Å². The van der Waals surface area contributed by atoms with E-state index in [2.05, 4.69) is 0 Å². The molecule has 1 aromatic rings. The van der Waals surface area contributed by atoms with Crippen molar-refractivity contribution in [3.8, 4) is 5.75 Å². The summed E-state index contributed by atoms with van der Waals surface area (Å²) in [7, 11) is 0. The van der Waals surface area contributed by atoms with E-state index >= 15 is 0 Å². The van der Waals surface area contributed by atoms with Crippen LogP contribution < -0.4 is 5.73 Å². The zero-order valence-electron chi connectivity index (χ0n) is 6.12. The van der Waals surface area contributed by atoms with Gasteiger partial charge >= 0.3 is 0 Å². The van der Waals surface area contributed by atoms with Crippen LogP contribution in [0.15, 0.2) is 6.07 Å². The Labute approximate surface area is 76.7 Å². The first-order valence-corrected chi connectivity index (χ1v) is 3.43. The molecule has 3 N–H and O–H groups in total. The van der Waals surface area contributed by atoms with Crippen molar-refractivity contribution in [2.24, 2.45) is 0 Å². The first kappa shape index (κ1) is 9.53. The summed E-state index contributed by atoms with van der Waals surface area (Å²) in [6, 6.07) is 0.553. The van der Waals surface area contributed by atoms with Gasteiger partial charge in [0.2, 0.25) is 0 Å². The number of benzene rings is 1. The number of aromatic hydroxyl groups is 1. The third-order valence-corrected chi connectivity index (χ3v) is 1.77. The average Bonchev–Trinajstić information content (AvgIpc) is 2.07. The summed E-state index contributed by atoms with van der Waals surface area (Å²) in [5, 5.41) is 18.6. The molecule has 5 nitrogen and oxygen atoms in total. The molecule has 13 heavy (non-hydrogen) atoms. The molecule has 0 heterocycles. The van der Waals surface area contributed by atoms with Crippen molar-refractivity contribution in [2.75, 3.05) is 5.73 Å². The number of rotatable bonds is 1. The van der Waals surface area contributed by atoms with Crippen LogP contribution in [-0.4, -0.2) is 10.0 Å². The summed E-state index contributed by atoms with van der Waals surface area (Å²) in [6.07, 6.45) is 0. The van der Waals surface area contributed by atoms with Crippen LogP contribution in [0.25, 0.3) is 0 Å². The van der Waals surface area contributed by atoms with Crippen molar-refractivity contribution in [1.29, 1.82) is 0 Å². The van der Waals surface area contributed by atoms with E-state index in [1.54, 1.807) is 0 Å². The Bertz CT molecular complexity index is 383. The second-order valence-electron chi connectivity index (χ2n) is 2.21. The number of hydrogen-bond acceptors (Lipinski definition) is 4. The highest BCUT2D eigenvalue weighted by atomic mass is 35.5. The molecule has 0 aromatic heterocycles. The zero-order valence-corrected chi connectivity index (χ0v) is 6.88. The van der Waals surface area contributed by atoms with Gasteiger partial charge in [0.25, 0.3) is 5.69 Å². The maximum atomic E-state index is 12.7. The molecular weight excluding hydrogens is 203 g/mol.